The molecular formula is C14H8ClF2N. The fraction of sp³-hybridized carbons (Fsp3) is 0. The minimum atomic E-state index is -0.602. The summed E-state index contributed by atoms with van der Waals surface area (Å²) < 4.78 is 26.3. The first-order chi connectivity index (χ1) is 8.63. The molecule has 0 bridgehead atoms. The topological polar surface area (TPSA) is 15.8 Å². The Balaban J connectivity index is 2.22. The van der Waals surface area contributed by atoms with Gasteiger partial charge in [0.25, 0.3) is 0 Å². The van der Waals surface area contributed by atoms with E-state index in [-0.39, 0.29) is 0 Å². The first kappa shape index (κ1) is 11.2. The summed E-state index contributed by atoms with van der Waals surface area (Å²) in [4.78, 5) is 3.07. The number of benzene rings is 2. The van der Waals surface area contributed by atoms with E-state index in [1.807, 2.05) is 18.2 Å². The molecule has 1 aromatic heterocycles. The highest BCUT2D eigenvalue weighted by Gasteiger charge is 2.08. The lowest BCUT2D eigenvalue weighted by molar-refractivity contribution is 0.584. The highest BCUT2D eigenvalue weighted by Crippen LogP contribution is 2.29. The third-order valence-corrected chi connectivity index (χ3v) is 3.09. The van der Waals surface area contributed by atoms with Crippen LogP contribution in [0.25, 0.3) is 22.2 Å². The number of hydrogen-bond acceptors (Lipinski definition) is 0. The minimum Gasteiger partial charge on any atom is -0.353 e. The molecule has 0 amide bonds. The zero-order valence-corrected chi connectivity index (χ0v) is 9.93. The Morgan fingerprint density at radius 3 is 2.33 bits per heavy atom. The first-order valence-corrected chi connectivity index (χ1v) is 5.75. The van der Waals surface area contributed by atoms with Gasteiger partial charge in [0.05, 0.1) is 10.5 Å². The lowest BCUT2D eigenvalue weighted by atomic mass is 10.1. The van der Waals surface area contributed by atoms with Crippen molar-refractivity contribution in [3.05, 3.63) is 59.1 Å². The molecule has 0 atom stereocenters. The Morgan fingerprint density at radius 1 is 0.944 bits per heavy atom. The number of aromatic amines is 1. The molecule has 0 aliphatic carbocycles. The number of aromatic nitrogens is 1. The predicted molar refractivity (Wildman–Crippen MR) is 68.7 cm³/mol. The number of fused-ring (bicyclic) bond motifs is 1. The van der Waals surface area contributed by atoms with Gasteiger partial charge in [-0.05, 0) is 24.3 Å². The van der Waals surface area contributed by atoms with Crippen LogP contribution in [0.5, 0.6) is 0 Å². The van der Waals surface area contributed by atoms with Crippen molar-refractivity contribution >= 4 is 22.5 Å². The molecule has 1 nitrogen and oxygen atoms in total. The molecule has 0 unspecified atom stereocenters. The van der Waals surface area contributed by atoms with Gasteiger partial charge < -0.3 is 4.98 Å². The number of H-pyrrole nitrogens is 1. The fourth-order valence-corrected chi connectivity index (χ4v) is 2.21. The van der Waals surface area contributed by atoms with Crippen molar-refractivity contribution in [1.29, 1.82) is 0 Å². The van der Waals surface area contributed by atoms with E-state index in [1.165, 1.54) is 12.1 Å². The molecule has 3 aromatic rings. The normalized spacial score (nSPS) is 11.1. The SMILES string of the molecule is Fc1cc(F)cc(-c2cc3cccc(Cl)c3[nH]2)c1. The maximum absolute atomic E-state index is 13.2. The molecule has 0 saturated heterocycles. The second-order valence-corrected chi connectivity index (χ2v) is 4.45. The second kappa shape index (κ2) is 4.10. The van der Waals surface area contributed by atoms with Crippen molar-refractivity contribution in [2.24, 2.45) is 0 Å². The predicted octanol–water partition coefficient (Wildman–Crippen LogP) is 4.77. The van der Waals surface area contributed by atoms with Crippen LogP contribution in [-0.2, 0) is 0 Å². The molecule has 2 aromatic carbocycles. The van der Waals surface area contributed by atoms with Crippen molar-refractivity contribution in [3.63, 3.8) is 0 Å². The Bertz CT molecular complexity index is 713. The maximum atomic E-state index is 13.2. The van der Waals surface area contributed by atoms with Gasteiger partial charge in [-0.15, -0.1) is 0 Å². The summed E-state index contributed by atoms with van der Waals surface area (Å²) in [6.07, 6.45) is 0. The number of para-hydroxylation sites is 1. The van der Waals surface area contributed by atoms with E-state index in [1.54, 1.807) is 6.07 Å². The first-order valence-electron chi connectivity index (χ1n) is 5.37. The Kier molecular flexibility index (Phi) is 2.56. The molecule has 0 spiro atoms. The Morgan fingerprint density at radius 2 is 1.67 bits per heavy atom. The molecule has 0 aliphatic rings. The van der Waals surface area contributed by atoms with E-state index < -0.39 is 11.6 Å². The average Bonchev–Trinajstić information content (AvgIpc) is 2.73. The number of rotatable bonds is 1. The Labute approximate surface area is 107 Å². The van der Waals surface area contributed by atoms with Gasteiger partial charge in [-0.2, -0.15) is 0 Å². The molecule has 0 aliphatic heterocycles. The van der Waals surface area contributed by atoms with Crippen LogP contribution in [0.2, 0.25) is 5.02 Å². The molecule has 3 rings (SSSR count). The maximum Gasteiger partial charge on any atom is 0.126 e. The van der Waals surface area contributed by atoms with E-state index in [9.17, 15) is 8.78 Å². The summed E-state index contributed by atoms with van der Waals surface area (Å²) in [5.41, 5.74) is 1.86. The Hall–Kier alpha value is -1.87. The zero-order valence-electron chi connectivity index (χ0n) is 9.18. The number of halogens is 3. The van der Waals surface area contributed by atoms with Gasteiger partial charge in [0, 0.05) is 22.7 Å². The fourth-order valence-electron chi connectivity index (χ4n) is 1.98. The molecule has 0 fully saturated rings. The summed E-state index contributed by atoms with van der Waals surface area (Å²) in [5.74, 6) is -1.20. The standard InChI is InChI=1S/C14H8ClF2N/c15-12-3-1-2-8-6-13(18-14(8)12)9-4-10(16)7-11(17)5-9/h1-7,18H. The van der Waals surface area contributed by atoms with Crippen LogP contribution in [0.3, 0.4) is 0 Å². The van der Waals surface area contributed by atoms with Crippen LogP contribution in [0, 0.1) is 11.6 Å². The zero-order chi connectivity index (χ0) is 12.7. The smallest absolute Gasteiger partial charge is 0.126 e. The van der Waals surface area contributed by atoms with E-state index in [0.717, 1.165) is 17.0 Å². The van der Waals surface area contributed by atoms with Gasteiger partial charge in [0.1, 0.15) is 11.6 Å². The van der Waals surface area contributed by atoms with Crippen LogP contribution in [-0.4, -0.2) is 4.98 Å². The highest BCUT2D eigenvalue weighted by atomic mass is 35.5. The van der Waals surface area contributed by atoms with Crippen molar-refractivity contribution in [2.75, 3.05) is 0 Å². The van der Waals surface area contributed by atoms with Gasteiger partial charge in [-0.3, -0.25) is 0 Å². The van der Waals surface area contributed by atoms with Crippen molar-refractivity contribution in [1.82, 2.24) is 4.98 Å². The molecule has 90 valence electrons. The molecule has 0 radical (unpaired) electrons. The van der Waals surface area contributed by atoms with E-state index in [4.69, 9.17) is 11.6 Å². The van der Waals surface area contributed by atoms with Gasteiger partial charge >= 0.3 is 0 Å². The molecule has 4 heteroatoms. The molecule has 18 heavy (non-hydrogen) atoms. The lowest BCUT2D eigenvalue weighted by Gasteiger charge is -1.98. The third-order valence-electron chi connectivity index (χ3n) is 2.78. The van der Waals surface area contributed by atoms with Gasteiger partial charge in [0.15, 0.2) is 0 Å². The van der Waals surface area contributed by atoms with Gasteiger partial charge in [-0.25, -0.2) is 8.78 Å². The highest BCUT2D eigenvalue weighted by molar-refractivity contribution is 6.35. The van der Waals surface area contributed by atoms with Crippen molar-refractivity contribution in [3.8, 4) is 11.3 Å². The van der Waals surface area contributed by atoms with Gasteiger partial charge in [-0.1, -0.05) is 23.7 Å². The van der Waals surface area contributed by atoms with Crippen LogP contribution in [0.4, 0.5) is 8.78 Å². The average molecular weight is 264 g/mol. The third kappa shape index (κ3) is 1.87. The molecule has 0 saturated carbocycles. The van der Waals surface area contributed by atoms with Crippen LogP contribution >= 0.6 is 11.6 Å². The second-order valence-electron chi connectivity index (χ2n) is 4.05. The van der Waals surface area contributed by atoms with Crippen LogP contribution < -0.4 is 0 Å². The number of nitrogens with one attached hydrogen (secondary N) is 1. The molecule has 1 N–H and O–H groups in total. The van der Waals surface area contributed by atoms with Gasteiger partial charge in [0.2, 0.25) is 0 Å². The summed E-state index contributed by atoms with van der Waals surface area (Å²) in [6.45, 7) is 0. The summed E-state index contributed by atoms with van der Waals surface area (Å²) in [7, 11) is 0. The quantitative estimate of drug-likeness (QED) is 0.651. The monoisotopic (exact) mass is 263 g/mol. The van der Waals surface area contributed by atoms with Crippen molar-refractivity contribution < 1.29 is 8.78 Å². The number of hydrogen-bond donors (Lipinski definition) is 1. The molecular weight excluding hydrogens is 256 g/mol. The minimum absolute atomic E-state index is 0.458. The summed E-state index contributed by atoms with van der Waals surface area (Å²) in [5, 5.41) is 1.48. The van der Waals surface area contributed by atoms with E-state index >= 15 is 0 Å². The van der Waals surface area contributed by atoms with Crippen molar-refractivity contribution in [2.45, 2.75) is 0 Å². The summed E-state index contributed by atoms with van der Waals surface area (Å²) >= 11 is 6.04. The summed E-state index contributed by atoms with van der Waals surface area (Å²) in [6, 6.07) is 10.7. The van der Waals surface area contributed by atoms with Crippen LogP contribution in [0.15, 0.2) is 42.5 Å². The van der Waals surface area contributed by atoms with E-state index in [0.29, 0.717) is 16.3 Å². The lowest BCUT2D eigenvalue weighted by Crippen LogP contribution is -1.83. The molecule has 1 heterocycles. The van der Waals surface area contributed by atoms with Crippen LogP contribution in [0.1, 0.15) is 0 Å². The largest absolute Gasteiger partial charge is 0.353 e. The van der Waals surface area contributed by atoms with E-state index in [2.05, 4.69) is 4.98 Å².